The van der Waals surface area contributed by atoms with Gasteiger partial charge in [0.25, 0.3) is 0 Å². The molecule has 16 heavy (non-hydrogen) atoms. The van der Waals surface area contributed by atoms with Gasteiger partial charge >= 0.3 is 0 Å². The lowest BCUT2D eigenvalue weighted by molar-refractivity contribution is 0.271. The minimum atomic E-state index is 0.342. The smallest absolute Gasteiger partial charge is 0.120 e. The van der Waals surface area contributed by atoms with Crippen LogP contribution in [0.15, 0.2) is 22.8 Å². The van der Waals surface area contributed by atoms with Crippen molar-refractivity contribution < 1.29 is 4.42 Å². The Morgan fingerprint density at radius 2 is 2.12 bits per heavy atom. The molecule has 1 saturated carbocycles. The van der Waals surface area contributed by atoms with Crippen LogP contribution in [0.4, 0.5) is 0 Å². The Morgan fingerprint density at radius 3 is 2.75 bits per heavy atom. The topological polar surface area (TPSA) is 25.2 Å². The lowest BCUT2D eigenvalue weighted by Crippen LogP contribution is -2.28. The molecule has 2 rings (SSSR count). The van der Waals surface area contributed by atoms with E-state index in [-0.39, 0.29) is 0 Å². The molecule has 0 saturated heterocycles. The van der Waals surface area contributed by atoms with Gasteiger partial charge in [-0.15, -0.1) is 0 Å². The average molecular weight is 221 g/mol. The van der Waals surface area contributed by atoms with Crippen LogP contribution in [0, 0.1) is 11.8 Å². The van der Waals surface area contributed by atoms with Gasteiger partial charge in [-0.3, -0.25) is 0 Å². The van der Waals surface area contributed by atoms with Crippen LogP contribution in [0.1, 0.15) is 51.3 Å². The zero-order valence-electron chi connectivity index (χ0n) is 10.4. The first-order valence-electron chi connectivity index (χ1n) is 6.52. The maximum absolute atomic E-state index is 5.39. The number of nitrogens with one attached hydrogen (secondary N) is 1. The summed E-state index contributed by atoms with van der Waals surface area (Å²) >= 11 is 0. The Morgan fingerprint density at radius 1 is 1.38 bits per heavy atom. The molecule has 0 bridgehead atoms. The van der Waals surface area contributed by atoms with E-state index in [4.69, 9.17) is 4.42 Å². The SMILES string of the molecule is CC1CCC(CN[C@H](C)c2ccco2)CC1. The predicted molar refractivity (Wildman–Crippen MR) is 66.2 cm³/mol. The van der Waals surface area contributed by atoms with Crippen molar-refractivity contribution in [1.29, 1.82) is 0 Å². The van der Waals surface area contributed by atoms with E-state index in [9.17, 15) is 0 Å². The number of hydrogen-bond donors (Lipinski definition) is 1. The highest BCUT2D eigenvalue weighted by Crippen LogP contribution is 2.28. The fourth-order valence-corrected chi connectivity index (χ4v) is 2.51. The first-order valence-corrected chi connectivity index (χ1v) is 6.52. The van der Waals surface area contributed by atoms with Gasteiger partial charge in [0.05, 0.1) is 12.3 Å². The highest BCUT2D eigenvalue weighted by atomic mass is 16.3. The molecule has 1 aliphatic rings. The number of hydrogen-bond acceptors (Lipinski definition) is 2. The Balaban J connectivity index is 1.71. The van der Waals surface area contributed by atoms with Gasteiger partial charge in [0.15, 0.2) is 0 Å². The second-order valence-corrected chi connectivity index (χ2v) is 5.27. The lowest BCUT2D eigenvalue weighted by atomic mass is 9.83. The van der Waals surface area contributed by atoms with Gasteiger partial charge in [0.1, 0.15) is 5.76 Å². The summed E-state index contributed by atoms with van der Waals surface area (Å²) in [5, 5.41) is 3.58. The van der Waals surface area contributed by atoms with Crippen LogP contribution < -0.4 is 5.32 Å². The number of furan rings is 1. The van der Waals surface area contributed by atoms with Crippen molar-refractivity contribution in [3.63, 3.8) is 0 Å². The van der Waals surface area contributed by atoms with Crippen molar-refractivity contribution in [2.24, 2.45) is 11.8 Å². The maximum atomic E-state index is 5.39. The van der Waals surface area contributed by atoms with Crippen LogP contribution >= 0.6 is 0 Å². The molecule has 0 aliphatic heterocycles. The standard InChI is InChI=1S/C14H23NO/c1-11-5-7-13(8-6-11)10-15-12(2)14-4-3-9-16-14/h3-4,9,11-13,15H,5-8,10H2,1-2H3/t11?,12-,13?/m1/s1. The third-order valence-electron chi connectivity index (χ3n) is 3.82. The van der Waals surface area contributed by atoms with E-state index < -0.39 is 0 Å². The summed E-state index contributed by atoms with van der Waals surface area (Å²) in [6, 6.07) is 4.34. The highest BCUT2D eigenvalue weighted by Gasteiger charge is 2.19. The molecule has 0 aromatic carbocycles. The molecular formula is C14H23NO. The molecule has 1 N–H and O–H groups in total. The summed E-state index contributed by atoms with van der Waals surface area (Å²) in [4.78, 5) is 0. The van der Waals surface area contributed by atoms with Crippen LogP contribution in [0.3, 0.4) is 0 Å². The van der Waals surface area contributed by atoms with Gasteiger partial charge < -0.3 is 9.73 Å². The summed E-state index contributed by atoms with van der Waals surface area (Å²) < 4.78 is 5.39. The van der Waals surface area contributed by atoms with Gasteiger partial charge in [-0.05, 0) is 50.3 Å². The van der Waals surface area contributed by atoms with Crippen molar-refractivity contribution >= 4 is 0 Å². The molecule has 90 valence electrons. The van der Waals surface area contributed by atoms with Crippen molar-refractivity contribution in [1.82, 2.24) is 5.32 Å². The molecule has 1 fully saturated rings. The Labute approximate surface area is 98.4 Å². The van der Waals surface area contributed by atoms with Crippen LogP contribution in [0.25, 0.3) is 0 Å². The fraction of sp³-hybridized carbons (Fsp3) is 0.714. The molecular weight excluding hydrogens is 198 g/mol. The predicted octanol–water partition coefficient (Wildman–Crippen LogP) is 3.76. The first kappa shape index (κ1) is 11.7. The second kappa shape index (κ2) is 5.53. The van der Waals surface area contributed by atoms with E-state index in [0.29, 0.717) is 6.04 Å². The molecule has 1 aromatic rings. The van der Waals surface area contributed by atoms with E-state index in [0.717, 1.165) is 24.1 Å². The molecule has 1 aliphatic carbocycles. The van der Waals surface area contributed by atoms with Crippen LogP contribution in [-0.2, 0) is 0 Å². The normalized spacial score (nSPS) is 27.9. The van der Waals surface area contributed by atoms with Gasteiger partial charge in [-0.2, -0.15) is 0 Å². The Hall–Kier alpha value is -0.760. The van der Waals surface area contributed by atoms with Gasteiger partial charge in [-0.1, -0.05) is 19.8 Å². The maximum Gasteiger partial charge on any atom is 0.120 e. The summed E-state index contributed by atoms with van der Waals surface area (Å²) in [5.41, 5.74) is 0. The van der Waals surface area contributed by atoms with E-state index in [2.05, 4.69) is 19.2 Å². The molecule has 2 nitrogen and oxygen atoms in total. The lowest BCUT2D eigenvalue weighted by Gasteiger charge is -2.27. The molecule has 0 unspecified atom stereocenters. The molecule has 1 aromatic heterocycles. The zero-order valence-corrected chi connectivity index (χ0v) is 10.4. The van der Waals surface area contributed by atoms with Crippen molar-refractivity contribution in [3.05, 3.63) is 24.2 Å². The minimum Gasteiger partial charge on any atom is -0.468 e. The Kier molecular flexibility index (Phi) is 4.05. The van der Waals surface area contributed by atoms with Crippen molar-refractivity contribution in [2.45, 2.75) is 45.6 Å². The van der Waals surface area contributed by atoms with Gasteiger partial charge in [-0.25, -0.2) is 0 Å². The van der Waals surface area contributed by atoms with Gasteiger partial charge in [0, 0.05) is 0 Å². The molecule has 0 spiro atoms. The summed E-state index contributed by atoms with van der Waals surface area (Å²) in [5.74, 6) is 2.86. The molecule has 1 atom stereocenters. The van der Waals surface area contributed by atoms with Crippen LogP contribution in [0.2, 0.25) is 0 Å². The second-order valence-electron chi connectivity index (χ2n) is 5.27. The third kappa shape index (κ3) is 3.11. The average Bonchev–Trinajstić information content (AvgIpc) is 2.81. The molecule has 0 amide bonds. The molecule has 2 heteroatoms. The van der Waals surface area contributed by atoms with E-state index >= 15 is 0 Å². The van der Waals surface area contributed by atoms with Crippen LogP contribution in [0.5, 0.6) is 0 Å². The van der Waals surface area contributed by atoms with Crippen molar-refractivity contribution in [3.8, 4) is 0 Å². The van der Waals surface area contributed by atoms with Crippen LogP contribution in [-0.4, -0.2) is 6.54 Å². The first-order chi connectivity index (χ1) is 7.75. The largest absolute Gasteiger partial charge is 0.468 e. The van der Waals surface area contributed by atoms with E-state index in [1.54, 1.807) is 6.26 Å². The number of rotatable bonds is 4. The quantitative estimate of drug-likeness (QED) is 0.837. The summed E-state index contributed by atoms with van der Waals surface area (Å²) in [6.45, 7) is 5.67. The minimum absolute atomic E-state index is 0.342. The van der Waals surface area contributed by atoms with E-state index in [1.807, 2.05) is 12.1 Å². The highest BCUT2D eigenvalue weighted by molar-refractivity contribution is 5.02. The fourth-order valence-electron chi connectivity index (χ4n) is 2.51. The molecule has 0 radical (unpaired) electrons. The summed E-state index contributed by atoms with van der Waals surface area (Å²) in [7, 11) is 0. The zero-order chi connectivity index (χ0) is 11.4. The Bertz CT molecular complexity index is 286. The van der Waals surface area contributed by atoms with Crippen molar-refractivity contribution in [2.75, 3.05) is 6.54 Å². The monoisotopic (exact) mass is 221 g/mol. The summed E-state index contributed by atoms with van der Waals surface area (Å²) in [6.07, 6.45) is 7.33. The van der Waals surface area contributed by atoms with E-state index in [1.165, 1.54) is 25.7 Å². The third-order valence-corrected chi connectivity index (χ3v) is 3.82. The molecule has 1 heterocycles. The van der Waals surface area contributed by atoms with Gasteiger partial charge in [0.2, 0.25) is 0 Å².